The fraction of sp³-hybridized carbons (Fsp3) is 0.333. The first-order chi connectivity index (χ1) is 9.06. The second-order valence-electron chi connectivity index (χ2n) is 3.57. The van der Waals surface area contributed by atoms with Crippen LogP contribution in [-0.4, -0.2) is 43.3 Å². The number of rotatable bonds is 6. The van der Waals surface area contributed by atoms with Crippen molar-refractivity contribution in [3.8, 4) is 5.75 Å². The molecule has 0 spiro atoms. The summed E-state index contributed by atoms with van der Waals surface area (Å²) in [6, 6.07) is 3.99. The Labute approximate surface area is 109 Å². The summed E-state index contributed by atoms with van der Waals surface area (Å²) >= 11 is 0. The number of hydrogen-bond acceptors (Lipinski definition) is 5. The number of carbonyl (C=O) groups excluding carboxylic acids is 2. The number of aliphatic hydroxyl groups excluding tert-OH is 1. The Bertz CT molecular complexity index is 434. The van der Waals surface area contributed by atoms with E-state index in [4.69, 9.17) is 9.84 Å². The topological polar surface area (TPSA) is 84.9 Å². The zero-order valence-electron chi connectivity index (χ0n) is 10.3. The molecule has 7 heteroatoms. The van der Waals surface area contributed by atoms with Gasteiger partial charge in [0.05, 0.1) is 13.7 Å². The van der Waals surface area contributed by atoms with E-state index < -0.39 is 30.3 Å². The van der Waals surface area contributed by atoms with Crippen molar-refractivity contribution in [2.75, 3.05) is 20.3 Å². The van der Waals surface area contributed by atoms with Gasteiger partial charge in [0.2, 0.25) is 0 Å². The Balaban J connectivity index is 2.42. The second-order valence-corrected chi connectivity index (χ2v) is 3.57. The summed E-state index contributed by atoms with van der Waals surface area (Å²) in [7, 11) is 1.15. The van der Waals surface area contributed by atoms with Gasteiger partial charge in [-0.1, -0.05) is 0 Å². The molecule has 0 saturated heterocycles. The van der Waals surface area contributed by atoms with Crippen molar-refractivity contribution < 1.29 is 28.6 Å². The molecule has 0 aliphatic carbocycles. The van der Waals surface area contributed by atoms with Gasteiger partial charge in [-0.2, -0.15) is 0 Å². The van der Waals surface area contributed by atoms with Crippen LogP contribution in [0.2, 0.25) is 0 Å². The molecule has 2 N–H and O–H groups in total. The Morgan fingerprint density at radius 3 is 2.53 bits per heavy atom. The van der Waals surface area contributed by atoms with Crippen molar-refractivity contribution in [2.45, 2.75) is 6.04 Å². The maximum absolute atomic E-state index is 12.6. The molecule has 6 nitrogen and oxygen atoms in total. The number of amides is 1. The molecule has 0 aromatic heterocycles. The number of carbonyl (C=O) groups is 2. The quantitative estimate of drug-likeness (QED) is 0.703. The normalized spacial score (nSPS) is 11.5. The van der Waals surface area contributed by atoms with E-state index in [1.165, 1.54) is 24.3 Å². The van der Waals surface area contributed by atoms with Crippen molar-refractivity contribution in [1.82, 2.24) is 5.32 Å². The largest absolute Gasteiger partial charge is 0.484 e. The Morgan fingerprint density at radius 2 is 2.00 bits per heavy atom. The van der Waals surface area contributed by atoms with Crippen LogP contribution in [0.4, 0.5) is 4.39 Å². The molecular formula is C12H14FNO5. The van der Waals surface area contributed by atoms with E-state index in [0.717, 1.165) is 7.11 Å². The molecule has 0 radical (unpaired) electrons. The van der Waals surface area contributed by atoms with Gasteiger partial charge in [-0.3, -0.25) is 4.79 Å². The van der Waals surface area contributed by atoms with Gasteiger partial charge in [0.15, 0.2) is 12.6 Å². The predicted molar refractivity (Wildman–Crippen MR) is 62.9 cm³/mol. The van der Waals surface area contributed by atoms with Crippen LogP contribution in [0.5, 0.6) is 5.75 Å². The van der Waals surface area contributed by atoms with Crippen LogP contribution >= 0.6 is 0 Å². The van der Waals surface area contributed by atoms with Crippen LogP contribution in [0.3, 0.4) is 0 Å². The first kappa shape index (κ1) is 14.9. The number of halogens is 1. The fourth-order valence-electron chi connectivity index (χ4n) is 1.24. The highest BCUT2D eigenvalue weighted by molar-refractivity contribution is 5.85. The van der Waals surface area contributed by atoms with Gasteiger partial charge in [-0.25, -0.2) is 9.18 Å². The molecular weight excluding hydrogens is 257 g/mol. The highest BCUT2D eigenvalue weighted by atomic mass is 19.1. The minimum absolute atomic E-state index is 0.315. The van der Waals surface area contributed by atoms with E-state index in [1.807, 2.05) is 0 Å². The number of esters is 1. The summed E-state index contributed by atoms with van der Waals surface area (Å²) in [5, 5.41) is 11.1. The number of benzene rings is 1. The maximum Gasteiger partial charge on any atom is 0.330 e. The summed E-state index contributed by atoms with van der Waals surface area (Å²) < 4.78 is 22.1. The molecule has 0 bridgehead atoms. The summed E-state index contributed by atoms with van der Waals surface area (Å²) in [5.41, 5.74) is 0. The van der Waals surface area contributed by atoms with E-state index in [9.17, 15) is 14.0 Å². The summed E-state index contributed by atoms with van der Waals surface area (Å²) in [6.45, 7) is -0.936. The molecule has 1 aromatic carbocycles. The van der Waals surface area contributed by atoms with Crippen molar-refractivity contribution in [2.24, 2.45) is 0 Å². The molecule has 1 atom stereocenters. The summed E-state index contributed by atoms with van der Waals surface area (Å²) in [6.07, 6.45) is 0. The van der Waals surface area contributed by atoms with Gasteiger partial charge in [-0.15, -0.1) is 0 Å². The number of aliphatic hydroxyl groups is 1. The van der Waals surface area contributed by atoms with E-state index in [0.29, 0.717) is 5.75 Å². The molecule has 0 aliphatic rings. The minimum Gasteiger partial charge on any atom is -0.484 e. The van der Waals surface area contributed by atoms with Crippen LogP contribution in [0.1, 0.15) is 0 Å². The van der Waals surface area contributed by atoms with Crippen LogP contribution in [0.15, 0.2) is 24.3 Å². The zero-order valence-corrected chi connectivity index (χ0v) is 10.3. The standard InChI is InChI=1S/C12H14FNO5/c1-18-12(17)10(6-15)14-11(16)7-19-9-4-2-8(13)3-5-9/h2-5,10,15H,6-7H2,1H3,(H,14,16). The number of ether oxygens (including phenoxy) is 2. The third-order valence-corrected chi connectivity index (χ3v) is 2.19. The highest BCUT2D eigenvalue weighted by Crippen LogP contribution is 2.10. The molecule has 104 valence electrons. The van der Waals surface area contributed by atoms with Gasteiger partial charge in [-0.05, 0) is 24.3 Å². The minimum atomic E-state index is -1.13. The van der Waals surface area contributed by atoms with Crippen molar-refractivity contribution in [3.63, 3.8) is 0 Å². The molecule has 0 saturated carbocycles. The van der Waals surface area contributed by atoms with Crippen molar-refractivity contribution in [3.05, 3.63) is 30.1 Å². The van der Waals surface area contributed by atoms with Crippen LogP contribution < -0.4 is 10.1 Å². The number of methoxy groups -OCH3 is 1. The first-order valence-electron chi connectivity index (χ1n) is 5.43. The third kappa shape index (κ3) is 4.92. The van der Waals surface area contributed by atoms with Crippen LogP contribution in [-0.2, 0) is 14.3 Å². The van der Waals surface area contributed by atoms with Gasteiger partial charge < -0.3 is 19.9 Å². The van der Waals surface area contributed by atoms with Crippen molar-refractivity contribution >= 4 is 11.9 Å². The molecule has 1 unspecified atom stereocenters. The lowest BCUT2D eigenvalue weighted by atomic mass is 10.3. The lowest BCUT2D eigenvalue weighted by Crippen LogP contribution is -2.45. The third-order valence-electron chi connectivity index (χ3n) is 2.19. The number of hydrogen-bond donors (Lipinski definition) is 2. The van der Waals surface area contributed by atoms with Crippen molar-refractivity contribution in [1.29, 1.82) is 0 Å². The SMILES string of the molecule is COC(=O)C(CO)NC(=O)COc1ccc(F)cc1. The Kier molecular flexibility index (Phi) is 5.74. The smallest absolute Gasteiger partial charge is 0.330 e. The van der Waals surface area contributed by atoms with E-state index in [-0.39, 0.29) is 6.61 Å². The average Bonchev–Trinajstić information content (AvgIpc) is 2.43. The lowest BCUT2D eigenvalue weighted by Gasteiger charge is -2.14. The van der Waals surface area contributed by atoms with Gasteiger partial charge >= 0.3 is 5.97 Å². The van der Waals surface area contributed by atoms with E-state index in [1.54, 1.807) is 0 Å². The lowest BCUT2D eigenvalue weighted by molar-refractivity contribution is -0.146. The molecule has 1 rings (SSSR count). The van der Waals surface area contributed by atoms with Crippen LogP contribution in [0.25, 0.3) is 0 Å². The monoisotopic (exact) mass is 271 g/mol. The Morgan fingerprint density at radius 1 is 1.37 bits per heavy atom. The van der Waals surface area contributed by atoms with Gasteiger partial charge in [0, 0.05) is 0 Å². The highest BCUT2D eigenvalue weighted by Gasteiger charge is 2.20. The first-order valence-corrected chi connectivity index (χ1v) is 5.43. The Hall–Kier alpha value is -2.15. The predicted octanol–water partition coefficient (Wildman–Crippen LogP) is -0.145. The maximum atomic E-state index is 12.6. The molecule has 19 heavy (non-hydrogen) atoms. The summed E-state index contributed by atoms with van der Waals surface area (Å²) in [5.74, 6) is -1.45. The molecule has 1 aromatic rings. The molecule has 0 fully saturated rings. The molecule has 0 aliphatic heterocycles. The van der Waals surface area contributed by atoms with Gasteiger partial charge in [0.25, 0.3) is 5.91 Å². The van der Waals surface area contributed by atoms with E-state index >= 15 is 0 Å². The van der Waals surface area contributed by atoms with E-state index in [2.05, 4.69) is 10.1 Å². The van der Waals surface area contributed by atoms with Crippen LogP contribution in [0, 0.1) is 5.82 Å². The average molecular weight is 271 g/mol. The fourth-order valence-corrected chi connectivity index (χ4v) is 1.24. The number of nitrogens with one attached hydrogen (secondary N) is 1. The molecule has 0 heterocycles. The second kappa shape index (κ2) is 7.32. The van der Waals surface area contributed by atoms with Gasteiger partial charge in [0.1, 0.15) is 11.6 Å². The summed E-state index contributed by atoms with van der Waals surface area (Å²) in [4.78, 5) is 22.6. The molecule has 1 amide bonds. The zero-order chi connectivity index (χ0) is 14.3.